The van der Waals surface area contributed by atoms with E-state index in [0.29, 0.717) is 19.5 Å². The molecule has 136 valence electrons. The SMILES string of the molecule is O=C(Cc1ccsc1)N1CCN(C(=O)C2CCC2)[C@H]2CS(=O)(=O)C[C@H]21. The van der Waals surface area contributed by atoms with Crippen molar-refractivity contribution in [2.24, 2.45) is 5.92 Å². The lowest BCUT2D eigenvalue weighted by atomic mass is 9.83. The fourth-order valence-electron chi connectivity index (χ4n) is 4.10. The first-order chi connectivity index (χ1) is 11.9. The van der Waals surface area contributed by atoms with Crippen molar-refractivity contribution >= 4 is 33.0 Å². The third kappa shape index (κ3) is 3.21. The molecule has 6 nitrogen and oxygen atoms in total. The fourth-order valence-corrected chi connectivity index (χ4v) is 6.74. The summed E-state index contributed by atoms with van der Waals surface area (Å²) in [5.74, 6) is 0.0568. The average Bonchev–Trinajstić information content (AvgIpc) is 3.09. The van der Waals surface area contributed by atoms with Crippen molar-refractivity contribution in [2.75, 3.05) is 24.6 Å². The van der Waals surface area contributed by atoms with Gasteiger partial charge < -0.3 is 9.80 Å². The summed E-state index contributed by atoms with van der Waals surface area (Å²) in [5.41, 5.74) is 0.959. The van der Waals surface area contributed by atoms with Gasteiger partial charge >= 0.3 is 0 Å². The van der Waals surface area contributed by atoms with Crippen LogP contribution in [0.2, 0.25) is 0 Å². The lowest BCUT2D eigenvalue weighted by Crippen LogP contribution is -2.63. The van der Waals surface area contributed by atoms with Gasteiger partial charge in [-0.25, -0.2) is 8.42 Å². The molecular weight excluding hydrogens is 360 g/mol. The monoisotopic (exact) mass is 382 g/mol. The van der Waals surface area contributed by atoms with Gasteiger partial charge in [-0.05, 0) is 35.2 Å². The molecule has 1 aromatic heterocycles. The highest BCUT2D eigenvalue weighted by Crippen LogP contribution is 2.33. The number of hydrogen-bond donors (Lipinski definition) is 0. The molecule has 2 amide bonds. The predicted octanol–water partition coefficient (Wildman–Crippen LogP) is 0.927. The Hall–Kier alpha value is -1.41. The Morgan fingerprint density at radius 3 is 2.40 bits per heavy atom. The minimum absolute atomic E-state index is 0.0155. The van der Waals surface area contributed by atoms with Crippen LogP contribution in [0.25, 0.3) is 0 Å². The Labute approximate surface area is 151 Å². The van der Waals surface area contributed by atoms with Gasteiger partial charge in [0, 0.05) is 19.0 Å². The Morgan fingerprint density at radius 2 is 1.80 bits per heavy atom. The van der Waals surface area contributed by atoms with Gasteiger partial charge in [-0.3, -0.25) is 9.59 Å². The van der Waals surface area contributed by atoms with E-state index in [-0.39, 0.29) is 35.3 Å². The molecule has 0 N–H and O–H groups in total. The molecule has 1 saturated carbocycles. The van der Waals surface area contributed by atoms with Gasteiger partial charge in [-0.15, -0.1) is 0 Å². The molecule has 1 aliphatic carbocycles. The van der Waals surface area contributed by atoms with Gasteiger partial charge in [0.2, 0.25) is 11.8 Å². The largest absolute Gasteiger partial charge is 0.335 e. The van der Waals surface area contributed by atoms with Crippen molar-refractivity contribution in [3.63, 3.8) is 0 Å². The standard InChI is InChI=1S/C17H22N2O4S2/c20-16(8-12-4-7-24-9-12)18-5-6-19(17(21)13-2-1-3-13)15-11-25(22,23)10-14(15)18/h4,7,9,13-15H,1-3,5-6,8,10-11H2/t14-,15+/m1/s1. The zero-order valence-corrected chi connectivity index (χ0v) is 15.6. The number of thiophene rings is 1. The van der Waals surface area contributed by atoms with Crippen LogP contribution in [0.5, 0.6) is 0 Å². The second kappa shape index (κ2) is 6.39. The second-order valence-corrected chi connectivity index (χ2v) is 10.2. The summed E-state index contributed by atoms with van der Waals surface area (Å²) in [6.45, 7) is 0.875. The van der Waals surface area contributed by atoms with Crippen LogP contribution in [0.3, 0.4) is 0 Å². The van der Waals surface area contributed by atoms with E-state index in [9.17, 15) is 18.0 Å². The van der Waals surface area contributed by atoms with E-state index in [1.807, 2.05) is 16.8 Å². The summed E-state index contributed by atoms with van der Waals surface area (Å²) in [5, 5.41) is 3.87. The van der Waals surface area contributed by atoms with Gasteiger partial charge in [0.1, 0.15) is 0 Å². The molecular formula is C17H22N2O4S2. The van der Waals surface area contributed by atoms with E-state index < -0.39 is 15.9 Å². The van der Waals surface area contributed by atoms with E-state index in [0.717, 1.165) is 24.8 Å². The molecule has 3 heterocycles. The van der Waals surface area contributed by atoms with Crippen LogP contribution < -0.4 is 0 Å². The van der Waals surface area contributed by atoms with Crippen LogP contribution in [0, 0.1) is 5.92 Å². The topological polar surface area (TPSA) is 74.8 Å². The molecule has 4 rings (SSSR count). The van der Waals surface area contributed by atoms with Gasteiger partial charge in [0.15, 0.2) is 9.84 Å². The number of carbonyl (C=O) groups is 2. The minimum atomic E-state index is -3.22. The summed E-state index contributed by atoms with van der Waals surface area (Å²) in [6, 6.07) is 1.15. The van der Waals surface area contributed by atoms with Crippen molar-refractivity contribution in [2.45, 2.75) is 37.8 Å². The third-order valence-corrected chi connectivity index (χ3v) is 8.10. The lowest BCUT2D eigenvalue weighted by Gasteiger charge is -2.45. The van der Waals surface area contributed by atoms with Crippen LogP contribution in [-0.4, -0.2) is 66.7 Å². The first-order valence-corrected chi connectivity index (χ1v) is 11.5. The number of sulfone groups is 1. The summed E-state index contributed by atoms with van der Waals surface area (Å²) in [6.07, 6.45) is 3.17. The maximum atomic E-state index is 12.7. The van der Waals surface area contributed by atoms with Gasteiger partial charge in [-0.1, -0.05) is 6.42 Å². The molecule has 0 spiro atoms. The van der Waals surface area contributed by atoms with Crippen molar-refractivity contribution in [3.05, 3.63) is 22.4 Å². The lowest BCUT2D eigenvalue weighted by molar-refractivity contribution is -0.149. The Balaban J connectivity index is 1.54. The van der Waals surface area contributed by atoms with E-state index in [1.54, 1.807) is 21.1 Å². The molecule has 0 bridgehead atoms. The van der Waals surface area contributed by atoms with Crippen molar-refractivity contribution in [3.8, 4) is 0 Å². The smallest absolute Gasteiger partial charge is 0.227 e. The quantitative estimate of drug-likeness (QED) is 0.779. The molecule has 3 aliphatic rings. The molecule has 25 heavy (non-hydrogen) atoms. The van der Waals surface area contributed by atoms with Gasteiger partial charge in [0.25, 0.3) is 0 Å². The summed E-state index contributed by atoms with van der Waals surface area (Å²) in [4.78, 5) is 28.9. The normalized spacial score (nSPS) is 28.5. The zero-order valence-electron chi connectivity index (χ0n) is 14.0. The number of piperazine rings is 1. The van der Waals surface area contributed by atoms with E-state index in [4.69, 9.17) is 0 Å². The molecule has 2 saturated heterocycles. The van der Waals surface area contributed by atoms with Crippen molar-refractivity contribution in [1.29, 1.82) is 0 Å². The molecule has 2 atom stereocenters. The fraction of sp³-hybridized carbons (Fsp3) is 0.647. The van der Waals surface area contributed by atoms with Crippen molar-refractivity contribution < 1.29 is 18.0 Å². The molecule has 0 aromatic carbocycles. The number of nitrogens with zero attached hydrogens (tertiary/aromatic N) is 2. The number of fused-ring (bicyclic) bond motifs is 1. The Kier molecular flexibility index (Phi) is 4.35. The molecule has 2 aliphatic heterocycles. The highest BCUT2D eigenvalue weighted by Gasteiger charge is 2.50. The molecule has 0 radical (unpaired) electrons. The third-order valence-electron chi connectivity index (χ3n) is 5.67. The average molecular weight is 383 g/mol. The Morgan fingerprint density at radius 1 is 1.12 bits per heavy atom. The minimum Gasteiger partial charge on any atom is -0.335 e. The Bertz CT molecular complexity index is 771. The number of rotatable bonds is 3. The molecule has 0 unspecified atom stereocenters. The number of hydrogen-bond acceptors (Lipinski definition) is 5. The van der Waals surface area contributed by atoms with Crippen LogP contribution in [-0.2, 0) is 25.8 Å². The summed E-state index contributed by atoms with van der Waals surface area (Å²) in [7, 11) is -3.22. The molecule has 3 fully saturated rings. The second-order valence-electron chi connectivity index (χ2n) is 7.27. The summed E-state index contributed by atoms with van der Waals surface area (Å²) >= 11 is 1.54. The van der Waals surface area contributed by atoms with E-state index in [1.165, 1.54) is 0 Å². The number of amides is 2. The van der Waals surface area contributed by atoms with Crippen LogP contribution in [0.4, 0.5) is 0 Å². The first-order valence-electron chi connectivity index (χ1n) is 8.76. The maximum Gasteiger partial charge on any atom is 0.227 e. The van der Waals surface area contributed by atoms with Crippen molar-refractivity contribution in [1.82, 2.24) is 9.80 Å². The van der Waals surface area contributed by atoms with Crippen LogP contribution in [0.1, 0.15) is 24.8 Å². The van der Waals surface area contributed by atoms with E-state index in [2.05, 4.69) is 0 Å². The van der Waals surface area contributed by atoms with E-state index >= 15 is 0 Å². The zero-order chi connectivity index (χ0) is 17.6. The predicted molar refractivity (Wildman–Crippen MR) is 95.0 cm³/mol. The maximum absolute atomic E-state index is 12.7. The molecule has 8 heteroatoms. The highest BCUT2D eigenvalue weighted by molar-refractivity contribution is 7.91. The van der Waals surface area contributed by atoms with Gasteiger partial charge in [0.05, 0.1) is 30.0 Å². The van der Waals surface area contributed by atoms with Gasteiger partial charge in [-0.2, -0.15) is 11.3 Å². The highest BCUT2D eigenvalue weighted by atomic mass is 32.2. The number of carbonyl (C=O) groups excluding carboxylic acids is 2. The molecule has 1 aromatic rings. The first kappa shape index (κ1) is 17.0. The van der Waals surface area contributed by atoms with Crippen LogP contribution >= 0.6 is 11.3 Å². The summed E-state index contributed by atoms with van der Waals surface area (Å²) < 4.78 is 24.5. The van der Waals surface area contributed by atoms with Crippen LogP contribution in [0.15, 0.2) is 16.8 Å².